The predicted octanol–water partition coefficient (Wildman–Crippen LogP) is 3.02. The van der Waals surface area contributed by atoms with Crippen molar-refractivity contribution in [1.82, 2.24) is 15.1 Å². The lowest BCUT2D eigenvalue weighted by Gasteiger charge is -2.49. The molecule has 3 aliphatic heterocycles. The first kappa shape index (κ1) is 25.0. The number of fused-ring (bicyclic) bond motifs is 3. The number of amides is 1. The van der Waals surface area contributed by atoms with Gasteiger partial charge in [-0.2, -0.15) is 13.2 Å². The lowest BCUT2D eigenvalue weighted by atomic mass is 9.82. The summed E-state index contributed by atoms with van der Waals surface area (Å²) in [6, 6.07) is 14.1. The number of ether oxygens (including phenoxy) is 1. The molecular formula is C27H33F3N4O2. The Bertz CT molecular complexity index is 1040. The molecule has 2 aromatic carbocycles. The molecule has 2 aromatic rings. The zero-order chi connectivity index (χ0) is 25.1. The van der Waals surface area contributed by atoms with Crippen molar-refractivity contribution in [2.75, 3.05) is 63.9 Å². The minimum atomic E-state index is -4.41. The Hall–Kier alpha value is -2.62. The first-order valence-corrected chi connectivity index (χ1v) is 12.7. The Balaban J connectivity index is 1.33. The fourth-order valence-electron chi connectivity index (χ4n) is 5.64. The van der Waals surface area contributed by atoms with Gasteiger partial charge in [0.1, 0.15) is 0 Å². The van der Waals surface area contributed by atoms with Gasteiger partial charge in [-0.15, -0.1) is 0 Å². The highest BCUT2D eigenvalue weighted by Gasteiger charge is 2.42. The molecule has 0 saturated carbocycles. The van der Waals surface area contributed by atoms with E-state index in [1.54, 1.807) is 6.07 Å². The van der Waals surface area contributed by atoms with E-state index >= 15 is 0 Å². The van der Waals surface area contributed by atoms with E-state index in [-0.39, 0.29) is 11.9 Å². The van der Waals surface area contributed by atoms with E-state index in [2.05, 4.69) is 32.1 Å². The molecule has 1 amide bonds. The van der Waals surface area contributed by atoms with E-state index in [1.165, 1.54) is 11.6 Å². The molecule has 2 fully saturated rings. The number of nitrogens with one attached hydrogen (secondary N) is 1. The predicted molar refractivity (Wildman–Crippen MR) is 132 cm³/mol. The summed E-state index contributed by atoms with van der Waals surface area (Å²) in [6.45, 7) is 7.29. The van der Waals surface area contributed by atoms with Gasteiger partial charge in [0.05, 0.1) is 30.7 Å². The molecule has 0 bridgehead atoms. The van der Waals surface area contributed by atoms with Gasteiger partial charge in [-0.1, -0.05) is 30.3 Å². The second-order valence-corrected chi connectivity index (χ2v) is 9.88. The molecule has 0 radical (unpaired) electrons. The number of hydrogen-bond donors (Lipinski definition) is 1. The number of alkyl halides is 3. The van der Waals surface area contributed by atoms with Gasteiger partial charge in [0, 0.05) is 58.0 Å². The van der Waals surface area contributed by atoms with Gasteiger partial charge in [-0.3, -0.25) is 14.6 Å². The van der Waals surface area contributed by atoms with E-state index in [1.807, 2.05) is 18.2 Å². The minimum Gasteiger partial charge on any atom is -0.379 e. The normalized spacial score (nSPS) is 23.1. The molecule has 194 valence electrons. The van der Waals surface area contributed by atoms with Crippen LogP contribution in [0, 0.1) is 5.92 Å². The molecule has 6 nitrogen and oxygen atoms in total. The van der Waals surface area contributed by atoms with Crippen LogP contribution in [0.4, 0.5) is 18.9 Å². The molecule has 0 aliphatic carbocycles. The first-order valence-electron chi connectivity index (χ1n) is 12.7. The number of morpholine rings is 1. The Morgan fingerprint density at radius 3 is 2.53 bits per heavy atom. The quantitative estimate of drug-likeness (QED) is 0.658. The van der Waals surface area contributed by atoms with Crippen LogP contribution in [0.15, 0.2) is 48.5 Å². The summed E-state index contributed by atoms with van der Waals surface area (Å²) in [5.41, 5.74) is 1.98. The minimum absolute atomic E-state index is 0.0807. The SMILES string of the molecule is O=C(NCCN1CCOCC1)[C@@H]1Cc2cc(C(F)(F)F)ccc2N2CCN(Cc3ccccc3)C[C@H]12. The van der Waals surface area contributed by atoms with Crippen LogP contribution in [0.5, 0.6) is 0 Å². The van der Waals surface area contributed by atoms with Crippen LogP contribution in [-0.4, -0.2) is 80.8 Å². The summed E-state index contributed by atoms with van der Waals surface area (Å²) in [5.74, 6) is -0.493. The topological polar surface area (TPSA) is 48.1 Å². The largest absolute Gasteiger partial charge is 0.416 e. The van der Waals surface area contributed by atoms with Gasteiger partial charge in [-0.25, -0.2) is 0 Å². The maximum atomic E-state index is 13.4. The smallest absolute Gasteiger partial charge is 0.379 e. The van der Waals surface area contributed by atoms with Crippen LogP contribution < -0.4 is 10.2 Å². The van der Waals surface area contributed by atoms with E-state index in [0.29, 0.717) is 44.8 Å². The van der Waals surface area contributed by atoms with Crippen LogP contribution >= 0.6 is 0 Å². The zero-order valence-corrected chi connectivity index (χ0v) is 20.3. The van der Waals surface area contributed by atoms with Gasteiger partial charge in [0.25, 0.3) is 0 Å². The molecule has 2 atom stereocenters. The first-order chi connectivity index (χ1) is 17.4. The molecule has 1 N–H and O–H groups in total. The van der Waals surface area contributed by atoms with Crippen molar-refractivity contribution in [2.24, 2.45) is 5.92 Å². The van der Waals surface area contributed by atoms with Crippen molar-refractivity contribution in [3.8, 4) is 0 Å². The third-order valence-electron chi connectivity index (χ3n) is 7.54. The highest BCUT2D eigenvalue weighted by Crippen LogP contribution is 2.39. The fourth-order valence-corrected chi connectivity index (χ4v) is 5.64. The number of hydrogen-bond acceptors (Lipinski definition) is 5. The number of rotatable bonds is 6. The molecule has 0 aromatic heterocycles. The van der Waals surface area contributed by atoms with E-state index in [4.69, 9.17) is 4.74 Å². The summed E-state index contributed by atoms with van der Waals surface area (Å²) in [4.78, 5) is 20.2. The maximum Gasteiger partial charge on any atom is 0.416 e. The number of carbonyl (C=O) groups excluding carboxylic acids is 1. The molecule has 3 heterocycles. The Morgan fingerprint density at radius 1 is 1.00 bits per heavy atom. The van der Waals surface area contributed by atoms with Crippen molar-refractivity contribution >= 4 is 11.6 Å². The molecule has 9 heteroatoms. The molecule has 3 aliphatic rings. The van der Waals surface area contributed by atoms with Crippen LogP contribution in [0.1, 0.15) is 16.7 Å². The van der Waals surface area contributed by atoms with Crippen LogP contribution in [0.25, 0.3) is 0 Å². The van der Waals surface area contributed by atoms with Gasteiger partial charge in [-0.05, 0) is 35.7 Å². The van der Waals surface area contributed by atoms with E-state index in [9.17, 15) is 18.0 Å². The number of anilines is 1. The molecule has 36 heavy (non-hydrogen) atoms. The van der Waals surface area contributed by atoms with Crippen molar-refractivity contribution in [2.45, 2.75) is 25.2 Å². The number of halogens is 3. The molecule has 2 saturated heterocycles. The fraction of sp³-hybridized carbons (Fsp3) is 0.519. The van der Waals surface area contributed by atoms with Crippen LogP contribution in [-0.2, 0) is 28.7 Å². The van der Waals surface area contributed by atoms with Crippen molar-refractivity contribution in [3.05, 3.63) is 65.2 Å². The third kappa shape index (κ3) is 5.68. The molecule has 0 unspecified atom stereocenters. The van der Waals surface area contributed by atoms with Crippen molar-refractivity contribution in [1.29, 1.82) is 0 Å². The van der Waals surface area contributed by atoms with Gasteiger partial charge in [0.15, 0.2) is 0 Å². The molecular weight excluding hydrogens is 469 g/mol. The van der Waals surface area contributed by atoms with Crippen LogP contribution in [0.2, 0.25) is 0 Å². The highest BCUT2D eigenvalue weighted by atomic mass is 19.4. The second kappa shape index (κ2) is 10.8. The standard InChI is InChI=1S/C27H33F3N4O2/c28-27(29,30)22-6-7-24-21(16-22)17-23(26(35)31-8-9-32-12-14-36-15-13-32)25-19-33(10-11-34(24)25)18-20-4-2-1-3-5-20/h1-7,16,23,25H,8-15,17-19H2,(H,31,35)/t23-,25-/m1/s1. The molecule has 0 spiro atoms. The average molecular weight is 503 g/mol. The Labute approximate surface area is 210 Å². The van der Waals surface area contributed by atoms with E-state index in [0.717, 1.165) is 44.5 Å². The lowest BCUT2D eigenvalue weighted by Crippen LogP contribution is -2.61. The summed E-state index contributed by atoms with van der Waals surface area (Å²) in [7, 11) is 0. The lowest BCUT2D eigenvalue weighted by molar-refractivity contribution is -0.137. The van der Waals surface area contributed by atoms with Crippen molar-refractivity contribution in [3.63, 3.8) is 0 Å². The summed E-state index contributed by atoms with van der Waals surface area (Å²) in [5, 5.41) is 3.08. The van der Waals surface area contributed by atoms with E-state index < -0.39 is 17.7 Å². The van der Waals surface area contributed by atoms with Gasteiger partial charge < -0.3 is 15.0 Å². The van der Waals surface area contributed by atoms with Crippen LogP contribution in [0.3, 0.4) is 0 Å². The summed E-state index contributed by atoms with van der Waals surface area (Å²) in [6.07, 6.45) is -4.10. The van der Waals surface area contributed by atoms with Gasteiger partial charge in [0.2, 0.25) is 5.91 Å². The Kier molecular flexibility index (Phi) is 7.50. The average Bonchev–Trinajstić information content (AvgIpc) is 2.88. The summed E-state index contributed by atoms with van der Waals surface area (Å²) >= 11 is 0. The second-order valence-electron chi connectivity index (χ2n) is 9.88. The van der Waals surface area contributed by atoms with Gasteiger partial charge >= 0.3 is 6.18 Å². The number of benzene rings is 2. The summed E-state index contributed by atoms with van der Waals surface area (Å²) < 4.78 is 45.7. The zero-order valence-electron chi connectivity index (χ0n) is 20.3. The number of piperazine rings is 1. The maximum absolute atomic E-state index is 13.4. The third-order valence-corrected chi connectivity index (χ3v) is 7.54. The van der Waals surface area contributed by atoms with Crippen molar-refractivity contribution < 1.29 is 22.7 Å². The number of nitrogens with zero attached hydrogens (tertiary/aromatic N) is 3. The Morgan fingerprint density at radius 2 is 1.78 bits per heavy atom. The number of carbonyl (C=O) groups is 1. The molecule has 5 rings (SSSR count). The highest BCUT2D eigenvalue weighted by molar-refractivity contribution is 5.82. The monoisotopic (exact) mass is 502 g/mol.